The molecule has 1 aromatic rings. The van der Waals surface area contributed by atoms with E-state index >= 15 is 0 Å². The number of carbonyl (C=O) groups is 3. The largest absolute Gasteiger partial charge is 0.338 e. The molecule has 0 aromatic heterocycles. The zero-order chi connectivity index (χ0) is 18.6. The first-order chi connectivity index (χ1) is 11.8. The first-order valence-corrected chi connectivity index (χ1v) is 8.49. The molecule has 0 spiro atoms. The van der Waals surface area contributed by atoms with Crippen LogP contribution in [0.5, 0.6) is 0 Å². The van der Waals surface area contributed by atoms with Gasteiger partial charge in [0.15, 0.2) is 0 Å². The molecular formula is C17H19Cl2N3O3. The number of benzene rings is 1. The van der Waals surface area contributed by atoms with E-state index in [0.717, 1.165) is 0 Å². The lowest BCUT2D eigenvalue weighted by Crippen LogP contribution is -2.52. The van der Waals surface area contributed by atoms with Crippen LogP contribution in [0.2, 0.25) is 10.0 Å². The second-order valence-electron chi connectivity index (χ2n) is 5.67. The predicted molar refractivity (Wildman–Crippen MR) is 96.8 cm³/mol. The molecule has 134 valence electrons. The molecule has 1 fully saturated rings. The highest BCUT2D eigenvalue weighted by molar-refractivity contribution is 6.43. The molecule has 1 saturated heterocycles. The Morgan fingerprint density at radius 1 is 1.16 bits per heavy atom. The molecule has 0 aliphatic carbocycles. The number of likely N-dealkylation sites (N-methyl/N-ethyl adjacent to an activating group) is 1. The molecule has 8 heteroatoms. The summed E-state index contributed by atoms with van der Waals surface area (Å²) < 4.78 is 0. The average molecular weight is 384 g/mol. The second-order valence-corrected chi connectivity index (χ2v) is 6.46. The van der Waals surface area contributed by atoms with Gasteiger partial charge in [0.1, 0.15) is 0 Å². The summed E-state index contributed by atoms with van der Waals surface area (Å²) in [7, 11) is 1.54. The van der Waals surface area contributed by atoms with E-state index in [1.54, 1.807) is 35.0 Å². The van der Waals surface area contributed by atoms with Gasteiger partial charge in [-0.2, -0.15) is 0 Å². The fourth-order valence-corrected chi connectivity index (χ4v) is 2.92. The van der Waals surface area contributed by atoms with Crippen molar-refractivity contribution in [2.75, 3.05) is 39.8 Å². The van der Waals surface area contributed by atoms with Crippen molar-refractivity contribution in [1.29, 1.82) is 0 Å². The third-order valence-electron chi connectivity index (χ3n) is 4.02. The fourth-order valence-electron chi connectivity index (χ4n) is 2.53. The molecular weight excluding hydrogens is 365 g/mol. The van der Waals surface area contributed by atoms with Crippen molar-refractivity contribution in [3.8, 4) is 0 Å². The highest BCUT2D eigenvalue weighted by Gasteiger charge is 2.27. The number of rotatable bonds is 4. The van der Waals surface area contributed by atoms with Gasteiger partial charge >= 0.3 is 0 Å². The van der Waals surface area contributed by atoms with E-state index in [4.69, 9.17) is 23.2 Å². The number of halogens is 2. The van der Waals surface area contributed by atoms with Gasteiger partial charge in [-0.05, 0) is 18.2 Å². The topological polar surface area (TPSA) is 60.9 Å². The molecule has 1 heterocycles. The monoisotopic (exact) mass is 383 g/mol. The molecule has 0 unspecified atom stereocenters. The van der Waals surface area contributed by atoms with E-state index in [1.807, 2.05) is 0 Å². The molecule has 3 amide bonds. The summed E-state index contributed by atoms with van der Waals surface area (Å²) in [6, 6.07) is 4.93. The molecule has 0 radical (unpaired) electrons. The molecule has 2 rings (SSSR count). The van der Waals surface area contributed by atoms with Gasteiger partial charge in [-0.25, -0.2) is 0 Å². The molecule has 0 N–H and O–H groups in total. The third-order valence-corrected chi connectivity index (χ3v) is 4.84. The molecule has 0 atom stereocenters. The minimum Gasteiger partial charge on any atom is -0.338 e. The van der Waals surface area contributed by atoms with Crippen molar-refractivity contribution in [3.63, 3.8) is 0 Å². The molecule has 6 nitrogen and oxygen atoms in total. The van der Waals surface area contributed by atoms with E-state index in [-0.39, 0.29) is 29.3 Å². The van der Waals surface area contributed by atoms with Gasteiger partial charge in [-0.15, -0.1) is 0 Å². The van der Waals surface area contributed by atoms with Crippen LogP contribution in [0.4, 0.5) is 0 Å². The SMILES string of the molecule is C=CC(=O)N(C)CC(=O)N1CCN(C(=O)c2cccc(Cl)c2Cl)CC1. The molecule has 1 aliphatic rings. The third kappa shape index (κ3) is 4.52. The van der Waals surface area contributed by atoms with E-state index in [0.29, 0.717) is 36.8 Å². The number of nitrogens with zero attached hydrogens (tertiary/aromatic N) is 3. The van der Waals surface area contributed by atoms with E-state index < -0.39 is 0 Å². The molecule has 0 saturated carbocycles. The quantitative estimate of drug-likeness (QED) is 0.746. The first-order valence-electron chi connectivity index (χ1n) is 7.73. The standard InChI is InChI=1S/C17H19Cl2N3O3/c1-3-14(23)20(2)11-15(24)21-7-9-22(10-8-21)17(25)12-5-4-6-13(18)16(12)19/h3-6H,1,7-11H2,2H3. The minimum atomic E-state index is -0.308. The minimum absolute atomic E-state index is 0.0150. The van der Waals surface area contributed by atoms with Crippen LogP contribution < -0.4 is 0 Å². The van der Waals surface area contributed by atoms with Gasteiger partial charge in [-0.1, -0.05) is 35.8 Å². The Balaban J connectivity index is 1.94. The van der Waals surface area contributed by atoms with Crippen LogP contribution in [0.25, 0.3) is 0 Å². The van der Waals surface area contributed by atoms with Crippen LogP contribution in [-0.4, -0.2) is 72.2 Å². The fraction of sp³-hybridized carbons (Fsp3) is 0.353. The first kappa shape index (κ1) is 19.3. The summed E-state index contributed by atoms with van der Waals surface area (Å²) in [5, 5.41) is 0.563. The predicted octanol–water partition coefficient (Wildman–Crippen LogP) is 1.92. The van der Waals surface area contributed by atoms with Crippen molar-refractivity contribution in [2.24, 2.45) is 0 Å². The van der Waals surface area contributed by atoms with Gasteiger partial charge in [0.2, 0.25) is 11.8 Å². The van der Waals surface area contributed by atoms with Crippen LogP contribution >= 0.6 is 23.2 Å². The lowest BCUT2D eigenvalue weighted by atomic mass is 10.1. The second kappa shape index (κ2) is 8.36. The normalized spacial score (nSPS) is 14.2. The van der Waals surface area contributed by atoms with Gasteiger partial charge in [0.05, 0.1) is 22.2 Å². The van der Waals surface area contributed by atoms with Crippen molar-refractivity contribution < 1.29 is 14.4 Å². The average Bonchev–Trinajstić information content (AvgIpc) is 2.62. The maximum absolute atomic E-state index is 12.6. The smallest absolute Gasteiger partial charge is 0.255 e. The van der Waals surface area contributed by atoms with Crippen LogP contribution in [-0.2, 0) is 9.59 Å². The zero-order valence-corrected chi connectivity index (χ0v) is 15.4. The highest BCUT2D eigenvalue weighted by atomic mass is 35.5. The Morgan fingerprint density at radius 3 is 2.36 bits per heavy atom. The molecule has 25 heavy (non-hydrogen) atoms. The van der Waals surface area contributed by atoms with Crippen LogP contribution in [0, 0.1) is 0 Å². The Morgan fingerprint density at radius 2 is 1.76 bits per heavy atom. The molecule has 1 aromatic carbocycles. The van der Waals surface area contributed by atoms with Crippen molar-refractivity contribution >= 4 is 40.9 Å². The molecule has 1 aliphatic heterocycles. The number of amides is 3. The number of hydrogen-bond donors (Lipinski definition) is 0. The summed E-state index contributed by atoms with van der Waals surface area (Å²) in [5.74, 6) is -0.679. The Kier molecular flexibility index (Phi) is 6.45. The maximum atomic E-state index is 12.6. The number of hydrogen-bond acceptors (Lipinski definition) is 3. The van der Waals surface area contributed by atoms with Crippen LogP contribution in [0.3, 0.4) is 0 Å². The van der Waals surface area contributed by atoms with E-state index in [1.165, 1.54) is 11.0 Å². The zero-order valence-electron chi connectivity index (χ0n) is 13.9. The summed E-state index contributed by atoms with van der Waals surface area (Å²) >= 11 is 12.1. The maximum Gasteiger partial charge on any atom is 0.255 e. The van der Waals surface area contributed by atoms with Gasteiger partial charge < -0.3 is 14.7 Å². The van der Waals surface area contributed by atoms with Gasteiger partial charge in [0, 0.05) is 33.2 Å². The summed E-state index contributed by atoms with van der Waals surface area (Å²) in [4.78, 5) is 40.8. The van der Waals surface area contributed by atoms with Gasteiger partial charge in [0.25, 0.3) is 5.91 Å². The number of piperazine rings is 1. The lowest BCUT2D eigenvalue weighted by Gasteiger charge is -2.35. The Hall–Kier alpha value is -2.05. The number of carbonyl (C=O) groups excluding carboxylic acids is 3. The van der Waals surface area contributed by atoms with Crippen molar-refractivity contribution in [2.45, 2.75) is 0 Å². The summed E-state index contributed by atoms with van der Waals surface area (Å²) in [6.45, 7) is 4.97. The lowest BCUT2D eigenvalue weighted by molar-refractivity contribution is -0.138. The van der Waals surface area contributed by atoms with Crippen molar-refractivity contribution in [3.05, 3.63) is 46.5 Å². The van der Waals surface area contributed by atoms with E-state index in [2.05, 4.69) is 6.58 Å². The molecule has 0 bridgehead atoms. The summed E-state index contributed by atoms with van der Waals surface area (Å²) in [5.41, 5.74) is 0.352. The van der Waals surface area contributed by atoms with E-state index in [9.17, 15) is 14.4 Å². The van der Waals surface area contributed by atoms with Crippen molar-refractivity contribution in [1.82, 2.24) is 14.7 Å². The highest BCUT2D eigenvalue weighted by Crippen LogP contribution is 2.26. The Labute approximate surface area is 156 Å². The van der Waals surface area contributed by atoms with Crippen LogP contribution in [0.15, 0.2) is 30.9 Å². The van der Waals surface area contributed by atoms with Crippen LogP contribution in [0.1, 0.15) is 10.4 Å². The summed E-state index contributed by atoms with van der Waals surface area (Å²) in [6.07, 6.45) is 1.17. The Bertz CT molecular complexity index is 700. The van der Waals surface area contributed by atoms with Gasteiger partial charge in [-0.3, -0.25) is 14.4 Å².